The monoisotopic (exact) mass is 301 g/mol. The van der Waals surface area contributed by atoms with Crippen LogP contribution in [-0.2, 0) is 10.5 Å². The molecule has 0 radical (unpaired) electrons. The largest absolute Gasteiger partial charge is 0.486 e. The number of aromatic nitrogens is 2. The van der Waals surface area contributed by atoms with Crippen LogP contribution >= 0.6 is 23.4 Å². The minimum Gasteiger partial charge on any atom is -0.486 e. The number of anilines is 1. The molecule has 2 atom stereocenters. The molecule has 2 aliphatic rings. The predicted molar refractivity (Wildman–Crippen MR) is 76.3 cm³/mol. The Kier molecular flexibility index (Phi) is 3.73. The summed E-state index contributed by atoms with van der Waals surface area (Å²) >= 11 is 7.75. The Bertz CT molecular complexity index is 488. The van der Waals surface area contributed by atoms with Crippen molar-refractivity contribution in [1.82, 2.24) is 9.97 Å². The third kappa shape index (κ3) is 2.37. The lowest BCUT2D eigenvalue weighted by molar-refractivity contribution is 0.0484. The quantitative estimate of drug-likeness (QED) is 0.779. The molecule has 0 bridgehead atoms. The summed E-state index contributed by atoms with van der Waals surface area (Å²) in [5, 5.41) is 0.283. The summed E-state index contributed by atoms with van der Waals surface area (Å²) < 4.78 is 11.4. The Hall–Kier alpha value is -0.720. The molecule has 1 unspecified atom stereocenters. The van der Waals surface area contributed by atoms with Crippen LogP contribution in [0.25, 0.3) is 0 Å². The Labute approximate surface area is 121 Å². The fourth-order valence-corrected chi connectivity index (χ4v) is 3.25. The van der Waals surface area contributed by atoms with Crippen LogP contribution in [0.1, 0.15) is 12.6 Å². The summed E-state index contributed by atoms with van der Waals surface area (Å²) in [7, 11) is 0. The topological polar surface area (TPSA) is 47.5 Å². The van der Waals surface area contributed by atoms with Gasteiger partial charge in [0.15, 0.2) is 11.6 Å². The summed E-state index contributed by atoms with van der Waals surface area (Å²) in [6.45, 7) is 4.12. The van der Waals surface area contributed by atoms with Crippen molar-refractivity contribution in [2.75, 3.05) is 31.0 Å². The van der Waals surface area contributed by atoms with Crippen LogP contribution < -0.4 is 9.64 Å². The van der Waals surface area contributed by atoms with Gasteiger partial charge in [0, 0.05) is 5.75 Å². The van der Waals surface area contributed by atoms with Crippen molar-refractivity contribution in [1.29, 1.82) is 0 Å². The summed E-state index contributed by atoms with van der Waals surface area (Å²) in [6, 6.07) is 0.485. The third-order valence-corrected chi connectivity index (χ3v) is 4.10. The van der Waals surface area contributed by atoms with E-state index in [9.17, 15) is 0 Å². The van der Waals surface area contributed by atoms with Crippen LogP contribution in [-0.4, -0.2) is 48.1 Å². The van der Waals surface area contributed by atoms with Crippen molar-refractivity contribution in [3.05, 3.63) is 11.0 Å². The van der Waals surface area contributed by atoms with Gasteiger partial charge in [-0.3, -0.25) is 0 Å². The normalized spacial score (nSPS) is 25.5. The van der Waals surface area contributed by atoms with Crippen molar-refractivity contribution in [2.45, 2.75) is 24.8 Å². The molecule has 1 aromatic heterocycles. The number of morpholine rings is 1. The minimum absolute atomic E-state index is 0.212. The first-order valence-electron chi connectivity index (χ1n) is 6.25. The molecule has 0 aliphatic carbocycles. The standard InChI is InChI=1S/C12H16ClN3O2S/c1-7-3-17-4-8-5-18-10-9(6-19-2)14-12(13)15-11(10)16(7)8/h7-8H,3-6H2,1-2H3/t7-,8?/m1/s1. The van der Waals surface area contributed by atoms with Crippen LogP contribution in [0.15, 0.2) is 0 Å². The molecule has 0 aromatic carbocycles. The zero-order chi connectivity index (χ0) is 13.4. The number of halogens is 1. The van der Waals surface area contributed by atoms with E-state index in [0.717, 1.165) is 23.0 Å². The van der Waals surface area contributed by atoms with Crippen LogP contribution in [0.4, 0.5) is 5.82 Å². The summed E-state index contributed by atoms with van der Waals surface area (Å²) in [5.74, 6) is 2.37. The molecule has 5 nitrogen and oxygen atoms in total. The van der Waals surface area contributed by atoms with Gasteiger partial charge in [-0.25, -0.2) is 4.98 Å². The van der Waals surface area contributed by atoms with Gasteiger partial charge in [-0.2, -0.15) is 16.7 Å². The molecule has 0 spiro atoms. The number of hydrogen-bond acceptors (Lipinski definition) is 6. The van der Waals surface area contributed by atoms with Crippen molar-refractivity contribution >= 4 is 29.2 Å². The number of nitrogens with zero attached hydrogens (tertiary/aromatic N) is 3. The zero-order valence-electron chi connectivity index (χ0n) is 10.9. The van der Waals surface area contributed by atoms with E-state index in [1.165, 1.54) is 0 Å². The first kappa shape index (κ1) is 13.3. The van der Waals surface area contributed by atoms with Crippen LogP contribution in [0.5, 0.6) is 5.75 Å². The second kappa shape index (κ2) is 5.34. The van der Waals surface area contributed by atoms with E-state index in [1.54, 1.807) is 11.8 Å². The Morgan fingerprint density at radius 2 is 2.21 bits per heavy atom. The van der Waals surface area contributed by atoms with E-state index in [4.69, 9.17) is 21.1 Å². The Balaban J connectivity index is 2.05. The Morgan fingerprint density at radius 1 is 1.37 bits per heavy atom. The highest BCUT2D eigenvalue weighted by atomic mass is 35.5. The fourth-order valence-electron chi connectivity index (χ4n) is 2.60. The van der Waals surface area contributed by atoms with E-state index >= 15 is 0 Å². The number of fused-ring (bicyclic) bond motifs is 3. The van der Waals surface area contributed by atoms with Crippen LogP contribution in [0.2, 0.25) is 5.28 Å². The van der Waals surface area contributed by atoms with Crippen LogP contribution in [0, 0.1) is 0 Å². The summed E-state index contributed by atoms with van der Waals surface area (Å²) in [4.78, 5) is 10.9. The van der Waals surface area contributed by atoms with Crippen molar-refractivity contribution in [3.8, 4) is 5.75 Å². The minimum atomic E-state index is 0.212. The maximum atomic E-state index is 6.05. The van der Waals surface area contributed by atoms with Gasteiger partial charge in [0.1, 0.15) is 6.61 Å². The number of rotatable bonds is 2. The molecule has 2 aliphatic heterocycles. The van der Waals surface area contributed by atoms with Gasteiger partial charge in [0.25, 0.3) is 0 Å². The molecular formula is C12H16ClN3O2S. The van der Waals surface area contributed by atoms with Gasteiger partial charge < -0.3 is 14.4 Å². The molecular weight excluding hydrogens is 286 g/mol. The molecule has 7 heteroatoms. The molecule has 0 amide bonds. The van der Waals surface area contributed by atoms with Gasteiger partial charge in [0.05, 0.1) is 31.0 Å². The molecule has 3 heterocycles. The predicted octanol–water partition coefficient (Wildman–Crippen LogP) is 1.98. The molecule has 0 saturated carbocycles. The molecule has 104 valence electrons. The second-order valence-electron chi connectivity index (χ2n) is 4.78. The fraction of sp³-hybridized carbons (Fsp3) is 0.667. The molecule has 0 N–H and O–H groups in total. The van der Waals surface area contributed by atoms with Gasteiger partial charge in [-0.15, -0.1) is 0 Å². The lowest BCUT2D eigenvalue weighted by atomic mass is 10.1. The number of ether oxygens (including phenoxy) is 2. The van der Waals surface area contributed by atoms with Crippen molar-refractivity contribution < 1.29 is 9.47 Å². The maximum Gasteiger partial charge on any atom is 0.224 e. The van der Waals surface area contributed by atoms with Crippen molar-refractivity contribution in [2.24, 2.45) is 0 Å². The highest BCUT2D eigenvalue weighted by Crippen LogP contribution is 2.38. The zero-order valence-corrected chi connectivity index (χ0v) is 12.5. The molecule has 1 aromatic rings. The van der Waals surface area contributed by atoms with E-state index in [1.807, 2.05) is 6.26 Å². The van der Waals surface area contributed by atoms with Crippen molar-refractivity contribution in [3.63, 3.8) is 0 Å². The number of hydrogen-bond donors (Lipinski definition) is 0. The van der Waals surface area contributed by atoms with Gasteiger partial charge in [-0.05, 0) is 24.8 Å². The molecule has 3 rings (SSSR count). The lowest BCUT2D eigenvalue weighted by Crippen LogP contribution is -2.56. The van der Waals surface area contributed by atoms with Gasteiger partial charge in [-0.1, -0.05) is 0 Å². The first-order valence-corrected chi connectivity index (χ1v) is 8.02. The number of thioether (sulfide) groups is 1. The first-order chi connectivity index (χ1) is 9.20. The van der Waals surface area contributed by atoms with Gasteiger partial charge in [0.2, 0.25) is 5.28 Å². The maximum absolute atomic E-state index is 6.05. The average molecular weight is 302 g/mol. The Morgan fingerprint density at radius 3 is 3.00 bits per heavy atom. The molecule has 1 fully saturated rings. The molecule has 19 heavy (non-hydrogen) atoms. The average Bonchev–Trinajstić information content (AvgIpc) is 2.38. The second-order valence-corrected chi connectivity index (χ2v) is 5.99. The highest BCUT2D eigenvalue weighted by Gasteiger charge is 2.37. The van der Waals surface area contributed by atoms with Crippen LogP contribution in [0.3, 0.4) is 0 Å². The van der Waals surface area contributed by atoms with E-state index < -0.39 is 0 Å². The smallest absolute Gasteiger partial charge is 0.224 e. The van der Waals surface area contributed by atoms with E-state index in [-0.39, 0.29) is 17.4 Å². The van der Waals surface area contributed by atoms with E-state index in [2.05, 4.69) is 21.8 Å². The SMILES string of the molecule is CSCc1nc(Cl)nc2c1OCC1COC[C@@H](C)N21. The molecule has 1 saturated heterocycles. The van der Waals surface area contributed by atoms with Gasteiger partial charge >= 0.3 is 0 Å². The highest BCUT2D eigenvalue weighted by molar-refractivity contribution is 7.97. The van der Waals surface area contributed by atoms with E-state index in [0.29, 0.717) is 19.8 Å². The lowest BCUT2D eigenvalue weighted by Gasteiger charge is -2.44. The summed E-state index contributed by atoms with van der Waals surface area (Å²) in [6.07, 6.45) is 2.03. The summed E-state index contributed by atoms with van der Waals surface area (Å²) in [5.41, 5.74) is 0.875. The third-order valence-electron chi connectivity index (χ3n) is 3.37.